The van der Waals surface area contributed by atoms with Gasteiger partial charge in [-0.3, -0.25) is 0 Å². The standard InChI is InChI=1S/C11H26N2S2/c1-3-12-7-10(8-14)5-6-11(9-15)13-4-2/h10-15H,3-9H2,1-2H3/t10-,11-/m0/s1. The van der Waals surface area contributed by atoms with Crippen molar-refractivity contribution in [2.24, 2.45) is 5.92 Å². The molecular formula is C11H26N2S2. The summed E-state index contributed by atoms with van der Waals surface area (Å²) in [7, 11) is 0. The molecule has 0 bridgehead atoms. The summed E-state index contributed by atoms with van der Waals surface area (Å²) in [5.74, 6) is 2.58. The fraction of sp³-hybridized carbons (Fsp3) is 1.00. The highest BCUT2D eigenvalue weighted by atomic mass is 32.1. The van der Waals surface area contributed by atoms with Gasteiger partial charge < -0.3 is 10.6 Å². The summed E-state index contributed by atoms with van der Waals surface area (Å²) in [5, 5.41) is 6.83. The number of rotatable bonds is 10. The van der Waals surface area contributed by atoms with Crippen LogP contribution in [0.5, 0.6) is 0 Å². The molecule has 0 unspecified atom stereocenters. The fourth-order valence-corrected chi connectivity index (χ4v) is 2.21. The van der Waals surface area contributed by atoms with Crippen LogP contribution in [0.25, 0.3) is 0 Å². The summed E-state index contributed by atoms with van der Waals surface area (Å²) in [4.78, 5) is 0. The largest absolute Gasteiger partial charge is 0.317 e. The third-order valence-corrected chi connectivity index (χ3v) is 3.53. The van der Waals surface area contributed by atoms with Gasteiger partial charge in [0.05, 0.1) is 0 Å². The Labute approximate surface area is 106 Å². The van der Waals surface area contributed by atoms with Crippen LogP contribution in [0, 0.1) is 5.92 Å². The Kier molecular flexibility index (Phi) is 11.6. The van der Waals surface area contributed by atoms with E-state index >= 15 is 0 Å². The lowest BCUT2D eigenvalue weighted by atomic mass is 10.0. The van der Waals surface area contributed by atoms with E-state index in [9.17, 15) is 0 Å². The van der Waals surface area contributed by atoms with Crippen molar-refractivity contribution in [3.05, 3.63) is 0 Å². The Morgan fingerprint density at radius 1 is 1.00 bits per heavy atom. The van der Waals surface area contributed by atoms with Crippen molar-refractivity contribution < 1.29 is 0 Å². The number of nitrogens with one attached hydrogen (secondary N) is 2. The molecule has 2 atom stereocenters. The van der Waals surface area contributed by atoms with Gasteiger partial charge in [-0.25, -0.2) is 0 Å². The van der Waals surface area contributed by atoms with Crippen LogP contribution in [-0.4, -0.2) is 37.2 Å². The van der Waals surface area contributed by atoms with Gasteiger partial charge in [-0.15, -0.1) is 0 Å². The van der Waals surface area contributed by atoms with Gasteiger partial charge in [-0.05, 0) is 44.1 Å². The number of thiol groups is 2. The molecule has 0 amide bonds. The molecule has 0 aromatic carbocycles. The highest BCUT2D eigenvalue weighted by Crippen LogP contribution is 2.10. The molecule has 0 aliphatic heterocycles. The highest BCUT2D eigenvalue weighted by molar-refractivity contribution is 7.80. The van der Waals surface area contributed by atoms with Crippen LogP contribution < -0.4 is 10.6 Å². The molecule has 92 valence electrons. The van der Waals surface area contributed by atoms with Crippen molar-refractivity contribution in [3.63, 3.8) is 0 Å². The molecule has 0 aromatic rings. The van der Waals surface area contributed by atoms with E-state index in [0.717, 1.165) is 31.1 Å². The van der Waals surface area contributed by atoms with E-state index in [-0.39, 0.29) is 0 Å². The average Bonchev–Trinajstić information content (AvgIpc) is 2.27. The third kappa shape index (κ3) is 8.43. The van der Waals surface area contributed by atoms with Crippen LogP contribution in [-0.2, 0) is 0 Å². The highest BCUT2D eigenvalue weighted by Gasteiger charge is 2.10. The molecule has 0 saturated carbocycles. The van der Waals surface area contributed by atoms with E-state index in [4.69, 9.17) is 0 Å². The summed E-state index contributed by atoms with van der Waals surface area (Å²) in [6, 6.07) is 0.558. The Hall–Kier alpha value is 0.620. The monoisotopic (exact) mass is 250 g/mol. The van der Waals surface area contributed by atoms with Crippen molar-refractivity contribution in [1.82, 2.24) is 10.6 Å². The lowest BCUT2D eigenvalue weighted by Gasteiger charge is -2.19. The van der Waals surface area contributed by atoms with Crippen LogP contribution in [0.1, 0.15) is 26.7 Å². The van der Waals surface area contributed by atoms with Gasteiger partial charge in [-0.2, -0.15) is 25.3 Å². The van der Waals surface area contributed by atoms with Gasteiger partial charge in [0.25, 0.3) is 0 Å². The van der Waals surface area contributed by atoms with Gasteiger partial charge in [0.2, 0.25) is 0 Å². The first-order valence-electron chi connectivity index (χ1n) is 5.94. The summed E-state index contributed by atoms with van der Waals surface area (Å²) in [6.07, 6.45) is 2.43. The van der Waals surface area contributed by atoms with Gasteiger partial charge >= 0.3 is 0 Å². The maximum atomic E-state index is 4.39. The molecule has 0 spiro atoms. The Morgan fingerprint density at radius 2 is 1.73 bits per heavy atom. The first kappa shape index (κ1) is 15.6. The average molecular weight is 250 g/mol. The zero-order valence-corrected chi connectivity index (χ0v) is 11.8. The van der Waals surface area contributed by atoms with Gasteiger partial charge in [-0.1, -0.05) is 13.8 Å². The smallest absolute Gasteiger partial charge is 0.0155 e. The quantitative estimate of drug-likeness (QED) is 0.445. The molecule has 0 rings (SSSR count). The Bertz CT molecular complexity index is 134. The van der Waals surface area contributed by atoms with Crippen molar-refractivity contribution in [3.8, 4) is 0 Å². The summed E-state index contributed by atoms with van der Waals surface area (Å²) in [6.45, 7) is 7.46. The normalized spacial score (nSPS) is 15.2. The molecule has 0 heterocycles. The Balaban J connectivity index is 3.66. The van der Waals surface area contributed by atoms with E-state index in [1.165, 1.54) is 12.8 Å². The van der Waals surface area contributed by atoms with Crippen LogP contribution in [0.15, 0.2) is 0 Å². The maximum Gasteiger partial charge on any atom is 0.0155 e. The molecule has 0 radical (unpaired) electrons. The van der Waals surface area contributed by atoms with E-state index in [0.29, 0.717) is 12.0 Å². The predicted octanol–water partition coefficient (Wildman–Crippen LogP) is 1.83. The summed E-state index contributed by atoms with van der Waals surface area (Å²) >= 11 is 8.75. The maximum absolute atomic E-state index is 4.39. The minimum Gasteiger partial charge on any atom is -0.317 e. The molecular weight excluding hydrogens is 224 g/mol. The second-order valence-corrected chi connectivity index (χ2v) is 4.60. The minimum atomic E-state index is 0.558. The predicted molar refractivity (Wildman–Crippen MR) is 76.4 cm³/mol. The van der Waals surface area contributed by atoms with Crippen molar-refractivity contribution >= 4 is 25.3 Å². The molecule has 0 aliphatic rings. The van der Waals surface area contributed by atoms with E-state index in [2.05, 4.69) is 49.7 Å². The van der Waals surface area contributed by atoms with Crippen molar-refractivity contribution in [2.75, 3.05) is 31.1 Å². The summed E-state index contributed by atoms with van der Waals surface area (Å²) in [5.41, 5.74) is 0. The topological polar surface area (TPSA) is 24.1 Å². The number of hydrogen-bond donors (Lipinski definition) is 4. The zero-order chi connectivity index (χ0) is 11.5. The fourth-order valence-electron chi connectivity index (χ4n) is 1.59. The lowest BCUT2D eigenvalue weighted by Crippen LogP contribution is -2.32. The van der Waals surface area contributed by atoms with E-state index in [1.807, 2.05) is 0 Å². The van der Waals surface area contributed by atoms with Crippen LogP contribution >= 0.6 is 25.3 Å². The lowest BCUT2D eigenvalue weighted by molar-refractivity contribution is 0.432. The van der Waals surface area contributed by atoms with Crippen molar-refractivity contribution in [1.29, 1.82) is 0 Å². The molecule has 4 heteroatoms. The molecule has 0 fully saturated rings. The molecule has 2 N–H and O–H groups in total. The second-order valence-electron chi connectivity index (χ2n) is 3.87. The molecule has 2 nitrogen and oxygen atoms in total. The Morgan fingerprint density at radius 3 is 2.20 bits per heavy atom. The van der Waals surface area contributed by atoms with E-state index < -0.39 is 0 Å². The van der Waals surface area contributed by atoms with Crippen molar-refractivity contribution in [2.45, 2.75) is 32.7 Å². The molecule has 0 aliphatic carbocycles. The molecule has 0 saturated heterocycles. The van der Waals surface area contributed by atoms with Gasteiger partial charge in [0.15, 0.2) is 0 Å². The van der Waals surface area contributed by atoms with E-state index in [1.54, 1.807) is 0 Å². The SMILES string of the molecule is CCNC[C@@H](CS)CC[C@@H](CS)NCC. The summed E-state index contributed by atoms with van der Waals surface area (Å²) < 4.78 is 0. The molecule has 15 heavy (non-hydrogen) atoms. The molecule has 0 aromatic heterocycles. The first-order chi connectivity index (χ1) is 7.28. The third-order valence-electron chi connectivity index (χ3n) is 2.58. The van der Waals surface area contributed by atoms with Gasteiger partial charge in [0, 0.05) is 11.8 Å². The first-order valence-corrected chi connectivity index (χ1v) is 7.20. The van der Waals surface area contributed by atoms with Crippen LogP contribution in [0.4, 0.5) is 0 Å². The zero-order valence-electron chi connectivity index (χ0n) is 10.00. The van der Waals surface area contributed by atoms with Gasteiger partial charge in [0.1, 0.15) is 0 Å². The second kappa shape index (κ2) is 11.1. The minimum absolute atomic E-state index is 0.558. The van der Waals surface area contributed by atoms with Crippen LogP contribution in [0.3, 0.4) is 0 Å². The van der Waals surface area contributed by atoms with Crippen LogP contribution in [0.2, 0.25) is 0 Å². The number of hydrogen-bond acceptors (Lipinski definition) is 4.